The van der Waals surface area contributed by atoms with Crippen molar-refractivity contribution < 1.29 is 4.79 Å². The van der Waals surface area contributed by atoms with Crippen LogP contribution in [0.5, 0.6) is 0 Å². The smallest absolute Gasteiger partial charge is 0.230 e. The summed E-state index contributed by atoms with van der Waals surface area (Å²) >= 11 is 5.22. The Morgan fingerprint density at radius 1 is 1.47 bits per heavy atom. The average Bonchev–Trinajstić information content (AvgIpc) is 2.26. The van der Waals surface area contributed by atoms with Gasteiger partial charge >= 0.3 is 0 Å². The highest BCUT2D eigenvalue weighted by molar-refractivity contribution is 9.10. The van der Waals surface area contributed by atoms with Crippen LogP contribution in [-0.2, 0) is 4.79 Å². The molecule has 0 bridgehead atoms. The summed E-state index contributed by atoms with van der Waals surface area (Å²) in [6.45, 7) is 3.93. The van der Waals surface area contributed by atoms with Crippen LogP contribution in [0.25, 0.3) is 0 Å². The average molecular weight is 286 g/mol. The van der Waals surface area contributed by atoms with E-state index in [-0.39, 0.29) is 11.3 Å². The van der Waals surface area contributed by atoms with Gasteiger partial charge in [0.2, 0.25) is 5.91 Å². The van der Waals surface area contributed by atoms with Gasteiger partial charge in [-0.3, -0.25) is 4.79 Å². The number of rotatable bonds is 0. The summed E-state index contributed by atoms with van der Waals surface area (Å²) in [4.78, 5) is 13.0. The Hall–Kier alpha value is -0.480. The molecular formula is C11H12BrNOS. The van der Waals surface area contributed by atoms with Crippen LogP contribution in [0.4, 0.5) is 5.69 Å². The van der Waals surface area contributed by atoms with Crippen LogP contribution in [-0.4, -0.2) is 11.7 Å². The first-order chi connectivity index (χ1) is 7.00. The molecule has 1 amide bonds. The number of hydrogen-bond donors (Lipinski definition) is 1. The van der Waals surface area contributed by atoms with Crippen molar-refractivity contribution >= 4 is 39.3 Å². The first-order valence-electron chi connectivity index (χ1n) is 4.73. The second kappa shape index (κ2) is 3.83. The number of halogens is 1. The molecule has 80 valence electrons. The molecule has 0 aliphatic carbocycles. The minimum absolute atomic E-state index is 0.0897. The zero-order valence-electron chi connectivity index (χ0n) is 8.63. The van der Waals surface area contributed by atoms with Crippen molar-refractivity contribution in [2.75, 3.05) is 11.1 Å². The number of benzene rings is 1. The summed E-state index contributed by atoms with van der Waals surface area (Å²) in [6, 6.07) is 5.87. The molecule has 15 heavy (non-hydrogen) atoms. The molecule has 0 aromatic heterocycles. The monoisotopic (exact) mass is 285 g/mol. The molecule has 4 heteroatoms. The SMILES string of the molecule is CC1(C)CSc2c(Br)cccc2NC1=O. The zero-order valence-corrected chi connectivity index (χ0v) is 11.0. The Labute approximate surface area is 102 Å². The molecule has 0 saturated heterocycles. The molecule has 2 nitrogen and oxygen atoms in total. The predicted octanol–water partition coefficient (Wildman–Crippen LogP) is 3.52. The van der Waals surface area contributed by atoms with Crippen molar-refractivity contribution in [2.45, 2.75) is 18.7 Å². The number of anilines is 1. The highest BCUT2D eigenvalue weighted by atomic mass is 79.9. The van der Waals surface area contributed by atoms with Crippen LogP contribution in [0, 0.1) is 5.41 Å². The predicted molar refractivity (Wildman–Crippen MR) is 67.3 cm³/mol. The third kappa shape index (κ3) is 2.06. The summed E-state index contributed by atoms with van der Waals surface area (Å²) in [7, 11) is 0. The molecule has 0 spiro atoms. The van der Waals surface area contributed by atoms with Gasteiger partial charge in [-0.1, -0.05) is 19.9 Å². The number of hydrogen-bond acceptors (Lipinski definition) is 2. The third-order valence-electron chi connectivity index (χ3n) is 2.41. The van der Waals surface area contributed by atoms with Gasteiger partial charge in [0.25, 0.3) is 0 Å². The van der Waals surface area contributed by atoms with Crippen LogP contribution >= 0.6 is 27.7 Å². The van der Waals surface area contributed by atoms with E-state index in [9.17, 15) is 4.79 Å². The van der Waals surface area contributed by atoms with E-state index in [1.165, 1.54) is 0 Å². The van der Waals surface area contributed by atoms with E-state index in [0.717, 1.165) is 20.8 Å². The maximum Gasteiger partial charge on any atom is 0.230 e. The summed E-state index contributed by atoms with van der Waals surface area (Å²) in [5.74, 6) is 0.890. The molecule has 1 aromatic carbocycles. The van der Waals surface area contributed by atoms with Crippen LogP contribution in [0.3, 0.4) is 0 Å². The molecule has 0 radical (unpaired) electrons. The summed E-state index contributed by atoms with van der Waals surface area (Å²) in [5, 5.41) is 2.96. The van der Waals surface area contributed by atoms with Crippen LogP contribution in [0.15, 0.2) is 27.6 Å². The van der Waals surface area contributed by atoms with Crippen molar-refractivity contribution in [1.29, 1.82) is 0 Å². The van der Waals surface area contributed by atoms with Gasteiger partial charge in [-0.25, -0.2) is 0 Å². The number of carbonyl (C=O) groups excluding carboxylic acids is 1. The minimum Gasteiger partial charge on any atom is -0.325 e. The molecule has 0 saturated carbocycles. The molecule has 1 aromatic rings. The minimum atomic E-state index is -0.316. The number of carbonyl (C=O) groups is 1. The molecule has 0 fully saturated rings. The van der Waals surface area contributed by atoms with Crippen LogP contribution in [0.1, 0.15) is 13.8 Å². The summed E-state index contributed by atoms with van der Waals surface area (Å²) in [6.07, 6.45) is 0. The van der Waals surface area contributed by atoms with Crippen molar-refractivity contribution in [3.8, 4) is 0 Å². The van der Waals surface area contributed by atoms with Gasteiger partial charge in [-0.2, -0.15) is 0 Å². The fourth-order valence-electron chi connectivity index (χ4n) is 1.36. The van der Waals surface area contributed by atoms with Gasteiger partial charge in [0.05, 0.1) is 11.1 Å². The molecule has 1 N–H and O–H groups in total. The molecule has 1 aliphatic heterocycles. The Kier molecular flexibility index (Phi) is 2.81. The summed E-state index contributed by atoms with van der Waals surface area (Å²) < 4.78 is 1.04. The standard InChI is InChI=1S/C11H12BrNOS/c1-11(2)6-15-9-7(12)4-3-5-8(9)13-10(11)14/h3-5H,6H2,1-2H3,(H,13,14). The van der Waals surface area contributed by atoms with Gasteiger partial charge < -0.3 is 5.32 Å². The maximum absolute atomic E-state index is 11.9. The van der Waals surface area contributed by atoms with E-state index in [4.69, 9.17) is 0 Å². The molecule has 0 atom stereocenters. The van der Waals surface area contributed by atoms with E-state index < -0.39 is 0 Å². The lowest BCUT2D eigenvalue weighted by Gasteiger charge is -2.18. The van der Waals surface area contributed by atoms with Gasteiger partial charge in [0, 0.05) is 15.1 Å². The quantitative estimate of drug-likeness (QED) is 0.790. The highest BCUT2D eigenvalue weighted by Gasteiger charge is 2.31. The van der Waals surface area contributed by atoms with E-state index in [1.54, 1.807) is 11.8 Å². The molecular weight excluding hydrogens is 274 g/mol. The second-order valence-corrected chi connectivity index (χ2v) is 6.08. The van der Waals surface area contributed by atoms with Crippen molar-refractivity contribution in [1.82, 2.24) is 0 Å². The fourth-order valence-corrected chi connectivity index (χ4v) is 3.19. The van der Waals surface area contributed by atoms with Gasteiger partial charge in [-0.05, 0) is 28.1 Å². The van der Waals surface area contributed by atoms with E-state index >= 15 is 0 Å². The largest absolute Gasteiger partial charge is 0.325 e. The first-order valence-corrected chi connectivity index (χ1v) is 6.51. The Balaban J connectivity index is 2.44. The van der Waals surface area contributed by atoms with Gasteiger partial charge in [0.1, 0.15) is 0 Å². The fraction of sp³-hybridized carbons (Fsp3) is 0.364. The normalized spacial score (nSPS) is 19.0. The Morgan fingerprint density at radius 2 is 2.20 bits per heavy atom. The van der Waals surface area contributed by atoms with Crippen LogP contribution in [0.2, 0.25) is 0 Å². The molecule has 0 unspecified atom stereocenters. The number of fused-ring (bicyclic) bond motifs is 1. The Bertz CT molecular complexity index is 417. The zero-order chi connectivity index (χ0) is 11.1. The first kappa shape index (κ1) is 11.0. The summed E-state index contributed by atoms with van der Waals surface area (Å²) in [5.41, 5.74) is 0.591. The highest BCUT2D eigenvalue weighted by Crippen LogP contribution is 2.41. The van der Waals surface area contributed by atoms with Crippen LogP contribution < -0.4 is 5.32 Å². The lowest BCUT2D eigenvalue weighted by Crippen LogP contribution is -2.31. The molecule has 2 rings (SSSR count). The maximum atomic E-state index is 11.9. The number of nitrogens with one attached hydrogen (secondary N) is 1. The molecule has 1 heterocycles. The van der Waals surface area contributed by atoms with Gasteiger partial charge in [-0.15, -0.1) is 11.8 Å². The second-order valence-electron chi connectivity index (χ2n) is 4.24. The van der Waals surface area contributed by atoms with E-state index in [0.29, 0.717) is 0 Å². The van der Waals surface area contributed by atoms with Crippen molar-refractivity contribution in [2.24, 2.45) is 5.41 Å². The number of amides is 1. The topological polar surface area (TPSA) is 29.1 Å². The third-order valence-corrected chi connectivity index (χ3v) is 4.93. The van der Waals surface area contributed by atoms with Crippen molar-refractivity contribution in [3.63, 3.8) is 0 Å². The Morgan fingerprint density at radius 3 is 2.93 bits per heavy atom. The van der Waals surface area contributed by atoms with E-state index in [2.05, 4.69) is 21.2 Å². The molecule has 1 aliphatic rings. The van der Waals surface area contributed by atoms with Gasteiger partial charge in [0.15, 0.2) is 0 Å². The lowest BCUT2D eigenvalue weighted by molar-refractivity contribution is -0.122. The van der Waals surface area contributed by atoms with E-state index in [1.807, 2.05) is 32.0 Å². The van der Waals surface area contributed by atoms with Crippen molar-refractivity contribution in [3.05, 3.63) is 22.7 Å². The number of thioether (sulfide) groups is 1. The lowest BCUT2D eigenvalue weighted by atomic mass is 9.95.